The van der Waals surface area contributed by atoms with Crippen molar-refractivity contribution in [3.63, 3.8) is 0 Å². The van der Waals surface area contributed by atoms with Crippen LogP contribution in [0.1, 0.15) is 36.8 Å². The lowest BCUT2D eigenvalue weighted by Gasteiger charge is -2.16. The predicted molar refractivity (Wildman–Crippen MR) is 109 cm³/mol. The fraction of sp³-hybridized carbons (Fsp3) is 0.304. The van der Waals surface area contributed by atoms with Crippen molar-refractivity contribution in [2.24, 2.45) is 5.41 Å². The summed E-state index contributed by atoms with van der Waals surface area (Å²) in [6, 6.07) is 15.4. The summed E-state index contributed by atoms with van der Waals surface area (Å²) in [5.41, 5.74) is 4.79. The van der Waals surface area contributed by atoms with Gasteiger partial charge in [0.25, 0.3) is 0 Å². The second kappa shape index (κ2) is 6.68. The van der Waals surface area contributed by atoms with Crippen LogP contribution in [-0.2, 0) is 9.84 Å². The number of hydrogen-bond donors (Lipinski definition) is 0. The minimum absolute atomic E-state index is 0.139. The Balaban J connectivity index is 1.77. The van der Waals surface area contributed by atoms with Gasteiger partial charge in [0.15, 0.2) is 9.84 Å². The molecule has 0 aromatic heterocycles. The van der Waals surface area contributed by atoms with Gasteiger partial charge in [-0.05, 0) is 59.4 Å². The van der Waals surface area contributed by atoms with E-state index >= 15 is 0 Å². The third-order valence-corrected chi connectivity index (χ3v) is 6.81. The molecule has 1 saturated carbocycles. The van der Waals surface area contributed by atoms with Crippen LogP contribution < -0.4 is 4.74 Å². The molecule has 27 heavy (non-hydrogen) atoms. The molecule has 2 aliphatic carbocycles. The lowest BCUT2D eigenvalue weighted by Crippen LogP contribution is -2.05. The first-order valence-corrected chi connectivity index (χ1v) is 11.2. The summed E-state index contributed by atoms with van der Waals surface area (Å²) in [4.78, 5) is 0.357. The third kappa shape index (κ3) is 3.46. The van der Waals surface area contributed by atoms with Crippen LogP contribution in [0.15, 0.2) is 65.6 Å². The van der Waals surface area contributed by atoms with E-state index in [0.717, 1.165) is 16.9 Å². The Kier molecular flexibility index (Phi) is 4.47. The number of allylic oxidation sites excluding steroid dienone is 4. The molecule has 4 rings (SSSR count). The first-order valence-electron chi connectivity index (χ1n) is 9.31. The first-order chi connectivity index (χ1) is 12.9. The summed E-state index contributed by atoms with van der Waals surface area (Å²) in [6.45, 7) is 0. The smallest absolute Gasteiger partial charge is 0.175 e. The summed E-state index contributed by atoms with van der Waals surface area (Å²) in [5, 5.41) is 0. The van der Waals surface area contributed by atoms with E-state index < -0.39 is 9.84 Å². The predicted octanol–water partition coefficient (Wildman–Crippen LogP) is 5.14. The Bertz CT molecular complexity index is 1000. The maximum atomic E-state index is 11.8. The summed E-state index contributed by atoms with van der Waals surface area (Å²) in [5.74, 6) is 0.843. The van der Waals surface area contributed by atoms with Gasteiger partial charge in [-0.15, -0.1) is 0 Å². The fourth-order valence-corrected chi connectivity index (χ4v) is 4.85. The van der Waals surface area contributed by atoms with E-state index in [4.69, 9.17) is 4.74 Å². The maximum absolute atomic E-state index is 11.8. The molecule has 2 aromatic rings. The van der Waals surface area contributed by atoms with Crippen molar-refractivity contribution in [2.75, 3.05) is 13.4 Å². The van der Waals surface area contributed by atoms with E-state index in [2.05, 4.69) is 24.3 Å². The highest BCUT2D eigenvalue weighted by molar-refractivity contribution is 7.90. The van der Waals surface area contributed by atoms with Crippen LogP contribution in [0.25, 0.3) is 11.1 Å². The zero-order valence-corrected chi connectivity index (χ0v) is 16.6. The molecule has 1 spiro atoms. The number of sulfone groups is 1. The molecule has 0 bridgehead atoms. The van der Waals surface area contributed by atoms with E-state index in [1.165, 1.54) is 43.1 Å². The Morgan fingerprint density at radius 1 is 0.815 bits per heavy atom. The van der Waals surface area contributed by atoms with E-state index in [0.29, 0.717) is 4.90 Å². The molecule has 0 N–H and O–H groups in total. The second-order valence-electron chi connectivity index (χ2n) is 7.58. The third-order valence-electron chi connectivity index (χ3n) is 5.68. The lowest BCUT2D eigenvalue weighted by atomic mass is 9.88. The monoisotopic (exact) mass is 380 g/mol. The molecule has 0 radical (unpaired) electrons. The van der Waals surface area contributed by atoms with E-state index in [1.807, 2.05) is 24.3 Å². The average Bonchev–Trinajstić information content (AvgIpc) is 3.28. The van der Waals surface area contributed by atoms with Crippen molar-refractivity contribution < 1.29 is 13.2 Å². The summed E-state index contributed by atoms with van der Waals surface area (Å²) >= 11 is 0. The second-order valence-corrected chi connectivity index (χ2v) is 9.60. The van der Waals surface area contributed by atoms with E-state index in [-0.39, 0.29) is 5.41 Å². The summed E-state index contributed by atoms with van der Waals surface area (Å²) in [7, 11) is -1.51. The van der Waals surface area contributed by atoms with Crippen molar-refractivity contribution in [3.05, 3.63) is 71.8 Å². The number of hydrogen-bond acceptors (Lipinski definition) is 3. The van der Waals surface area contributed by atoms with Crippen LogP contribution in [-0.4, -0.2) is 21.8 Å². The topological polar surface area (TPSA) is 43.4 Å². The zero-order valence-electron chi connectivity index (χ0n) is 15.7. The molecule has 2 aliphatic rings. The number of rotatable bonds is 4. The van der Waals surface area contributed by atoms with Crippen LogP contribution in [0, 0.1) is 5.41 Å². The molecule has 2 aromatic carbocycles. The van der Waals surface area contributed by atoms with Crippen LogP contribution in [0.4, 0.5) is 0 Å². The molecule has 1 fully saturated rings. The van der Waals surface area contributed by atoms with Crippen LogP contribution in [0.2, 0.25) is 0 Å². The van der Waals surface area contributed by atoms with Gasteiger partial charge in [0.1, 0.15) is 5.75 Å². The van der Waals surface area contributed by atoms with Gasteiger partial charge in [0.05, 0.1) is 12.0 Å². The maximum Gasteiger partial charge on any atom is 0.175 e. The van der Waals surface area contributed by atoms with E-state index in [9.17, 15) is 8.42 Å². The van der Waals surface area contributed by atoms with Crippen molar-refractivity contribution in [1.82, 2.24) is 0 Å². The SMILES string of the molecule is COc1ccc(C2=CC3(C=C2c2ccc(S(C)(=O)=O)cc2)CCCC3)cc1. The van der Waals surface area contributed by atoms with Gasteiger partial charge < -0.3 is 4.74 Å². The standard InChI is InChI=1S/C23H24O3S/c1-26-19-9-5-17(6-10-19)21-15-23(13-3-4-14-23)16-22(21)18-7-11-20(12-8-18)27(2,24)25/h5-12,15-16H,3-4,13-14H2,1-2H3. The Morgan fingerprint density at radius 3 is 1.74 bits per heavy atom. The van der Waals surface area contributed by atoms with Gasteiger partial charge in [-0.25, -0.2) is 8.42 Å². The van der Waals surface area contributed by atoms with Crippen molar-refractivity contribution >= 4 is 21.0 Å². The lowest BCUT2D eigenvalue weighted by molar-refractivity contribution is 0.415. The molecule has 3 nitrogen and oxygen atoms in total. The summed E-state index contributed by atoms with van der Waals surface area (Å²) in [6.07, 6.45) is 10.9. The van der Waals surface area contributed by atoms with Crippen LogP contribution in [0.3, 0.4) is 0 Å². The molecule has 4 heteroatoms. The van der Waals surface area contributed by atoms with Crippen molar-refractivity contribution in [3.8, 4) is 5.75 Å². The zero-order chi connectivity index (χ0) is 19.1. The molecule has 0 unspecified atom stereocenters. The normalized spacial score (nSPS) is 18.4. The minimum atomic E-state index is -3.19. The Morgan fingerprint density at radius 2 is 1.30 bits per heavy atom. The molecule has 0 amide bonds. The Hall–Kier alpha value is -2.33. The van der Waals surface area contributed by atoms with E-state index in [1.54, 1.807) is 19.2 Å². The highest BCUT2D eigenvalue weighted by Gasteiger charge is 2.35. The van der Waals surface area contributed by atoms with Gasteiger partial charge in [0, 0.05) is 11.7 Å². The van der Waals surface area contributed by atoms with Crippen molar-refractivity contribution in [1.29, 1.82) is 0 Å². The fourth-order valence-electron chi connectivity index (χ4n) is 4.22. The first kappa shape index (κ1) is 18.1. The quantitative estimate of drug-likeness (QED) is 0.738. The highest BCUT2D eigenvalue weighted by Crippen LogP contribution is 2.52. The average molecular weight is 381 g/mol. The molecule has 0 aliphatic heterocycles. The van der Waals surface area contributed by atoms with Crippen LogP contribution in [0.5, 0.6) is 5.75 Å². The number of methoxy groups -OCH3 is 1. The molecule has 140 valence electrons. The van der Waals surface area contributed by atoms with Gasteiger partial charge in [-0.3, -0.25) is 0 Å². The molecule has 0 atom stereocenters. The van der Waals surface area contributed by atoms with Crippen LogP contribution >= 0.6 is 0 Å². The Labute approximate surface area is 161 Å². The van der Waals surface area contributed by atoms with Gasteiger partial charge in [-0.2, -0.15) is 0 Å². The molecule has 0 heterocycles. The van der Waals surface area contributed by atoms with Gasteiger partial charge in [0.2, 0.25) is 0 Å². The van der Waals surface area contributed by atoms with Crippen molar-refractivity contribution in [2.45, 2.75) is 30.6 Å². The summed E-state index contributed by atoms with van der Waals surface area (Å²) < 4.78 is 28.8. The minimum Gasteiger partial charge on any atom is -0.497 e. The largest absolute Gasteiger partial charge is 0.497 e. The number of benzene rings is 2. The molecular weight excluding hydrogens is 356 g/mol. The van der Waals surface area contributed by atoms with Gasteiger partial charge >= 0.3 is 0 Å². The number of ether oxygens (including phenoxy) is 1. The molecule has 0 saturated heterocycles. The van der Waals surface area contributed by atoms with Gasteiger partial charge in [-0.1, -0.05) is 49.3 Å². The highest BCUT2D eigenvalue weighted by atomic mass is 32.2. The molecular formula is C23H24O3S.